The van der Waals surface area contributed by atoms with Crippen LogP contribution in [0, 0.1) is 17.5 Å². The number of nitrogens with one attached hydrogen (secondary N) is 1. The Kier molecular flexibility index (Phi) is 4.14. The molecule has 0 heterocycles. The summed E-state index contributed by atoms with van der Waals surface area (Å²) in [5, 5.41) is 2.96. The molecule has 0 radical (unpaired) electrons. The van der Waals surface area contributed by atoms with Crippen molar-refractivity contribution in [1.29, 1.82) is 0 Å². The summed E-state index contributed by atoms with van der Waals surface area (Å²) in [4.78, 5) is 0. The summed E-state index contributed by atoms with van der Waals surface area (Å²) in [6, 6.07) is 7.60. The molecule has 0 amide bonds. The molecule has 0 saturated carbocycles. The molecule has 2 aromatic carbocycles. The maximum absolute atomic E-state index is 13.1. The second-order valence-corrected chi connectivity index (χ2v) is 5.05. The SMILES string of the molecule is CC(Nc1cc(F)cc(F)c1)c1ccc(F)c(Br)c1. The molecule has 1 N–H and O–H groups in total. The van der Waals surface area contributed by atoms with E-state index < -0.39 is 11.6 Å². The van der Waals surface area contributed by atoms with Gasteiger partial charge in [-0.3, -0.25) is 0 Å². The number of hydrogen-bond acceptors (Lipinski definition) is 1. The summed E-state index contributed by atoms with van der Waals surface area (Å²) in [6.07, 6.45) is 0. The first-order valence-electron chi connectivity index (χ1n) is 5.63. The average Bonchev–Trinajstić information content (AvgIpc) is 2.31. The van der Waals surface area contributed by atoms with E-state index in [0.717, 1.165) is 11.6 Å². The maximum Gasteiger partial charge on any atom is 0.137 e. The molecule has 0 aromatic heterocycles. The monoisotopic (exact) mass is 329 g/mol. The third kappa shape index (κ3) is 3.50. The molecule has 0 saturated heterocycles. The zero-order chi connectivity index (χ0) is 14.0. The van der Waals surface area contributed by atoms with Crippen molar-refractivity contribution in [2.24, 2.45) is 0 Å². The van der Waals surface area contributed by atoms with Crippen LogP contribution in [-0.4, -0.2) is 0 Å². The Morgan fingerprint density at radius 1 is 1.00 bits per heavy atom. The normalized spacial score (nSPS) is 12.3. The van der Waals surface area contributed by atoms with E-state index in [2.05, 4.69) is 21.2 Å². The predicted molar refractivity (Wildman–Crippen MR) is 72.5 cm³/mol. The highest BCUT2D eigenvalue weighted by Crippen LogP contribution is 2.24. The van der Waals surface area contributed by atoms with Crippen LogP contribution >= 0.6 is 15.9 Å². The fraction of sp³-hybridized carbons (Fsp3) is 0.143. The van der Waals surface area contributed by atoms with Crippen LogP contribution in [0.25, 0.3) is 0 Å². The van der Waals surface area contributed by atoms with Crippen molar-refractivity contribution < 1.29 is 13.2 Å². The molecule has 0 spiro atoms. The van der Waals surface area contributed by atoms with E-state index in [1.807, 2.05) is 6.92 Å². The number of anilines is 1. The van der Waals surface area contributed by atoms with Gasteiger partial charge in [-0.15, -0.1) is 0 Å². The highest BCUT2D eigenvalue weighted by Gasteiger charge is 2.09. The number of rotatable bonds is 3. The Morgan fingerprint density at radius 3 is 2.21 bits per heavy atom. The van der Waals surface area contributed by atoms with Crippen LogP contribution in [0.15, 0.2) is 40.9 Å². The van der Waals surface area contributed by atoms with Crippen LogP contribution in [-0.2, 0) is 0 Å². The lowest BCUT2D eigenvalue weighted by molar-refractivity contribution is 0.583. The van der Waals surface area contributed by atoms with Crippen molar-refractivity contribution in [2.45, 2.75) is 13.0 Å². The van der Waals surface area contributed by atoms with Crippen LogP contribution in [0.5, 0.6) is 0 Å². The molecule has 1 nitrogen and oxygen atoms in total. The molecule has 0 aliphatic rings. The molecule has 5 heteroatoms. The minimum absolute atomic E-state index is 0.210. The second-order valence-electron chi connectivity index (χ2n) is 4.20. The molecule has 2 aromatic rings. The summed E-state index contributed by atoms with van der Waals surface area (Å²) >= 11 is 3.10. The molecule has 100 valence electrons. The van der Waals surface area contributed by atoms with Crippen LogP contribution in [0.4, 0.5) is 18.9 Å². The van der Waals surface area contributed by atoms with E-state index in [1.54, 1.807) is 12.1 Å². The number of halogens is 4. The smallest absolute Gasteiger partial charge is 0.137 e. The average molecular weight is 330 g/mol. The van der Waals surface area contributed by atoms with E-state index >= 15 is 0 Å². The minimum Gasteiger partial charge on any atom is -0.378 e. The molecule has 1 atom stereocenters. The van der Waals surface area contributed by atoms with Crippen molar-refractivity contribution in [1.82, 2.24) is 0 Å². The van der Waals surface area contributed by atoms with Crippen molar-refractivity contribution in [3.8, 4) is 0 Å². The topological polar surface area (TPSA) is 12.0 Å². The van der Waals surface area contributed by atoms with E-state index in [0.29, 0.717) is 10.2 Å². The summed E-state index contributed by atoms with van der Waals surface area (Å²) in [5.41, 5.74) is 1.14. The van der Waals surface area contributed by atoms with Crippen molar-refractivity contribution in [3.63, 3.8) is 0 Å². The van der Waals surface area contributed by atoms with Gasteiger partial charge in [-0.25, -0.2) is 13.2 Å². The molecule has 2 rings (SSSR count). The molecule has 1 unspecified atom stereocenters. The van der Waals surface area contributed by atoms with Gasteiger partial charge in [-0.2, -0.15) is 0 Å². The van der Waals surface area contributed by atoms with Crippen LogP contribution in [0.1, 0.15) is 18.5 Å². The summed E-state index contributed by atoms with van der Waals surface area (Å²) < 4.78 is 39.6. The van der Waals surface area contributed by atoms with E-state index in [-0.39, 0.29) is 11.9 Å². The van der Waals surface area contributed by atoms with Gasteiger partial charge < -0.3 is 5.32 Å². The van der Waals surface area contributed by atoms with Gasteiger partial charge >= 0.3 is 0 Å². The molecule has 19 heavy (non-hydrogen) atoms. The quantitative estimate of drug-likeness (QED) is 0.831. The lowest BCUT2D eigenvalue weighted by Gasteiger charge is -2.16. The van der Waals surface area contributed by atoms with Gasteiger partial charge in [0.1, 0.15) is 17.5 Å². The van der Waals surface area contributed by atoms with Crippen LogP contribution in [0.2, 0.25) is 0 Å². The zero-order valence-electron chi connectivity index (χ0n) is 10.1. The highest BCUT2D eigenvalue weighted by molar-refractivity contribution is 9.10. The van der Waals surface area contributed by atoms with Gasteiger partial charge in [0, 0.05) is 17.8 Å². The first-order valence-corrected chi connectivity index (χ1v) is 6.42. The molecule has 0 bridgehead atoms. The summed E-state index contributed by atoms with van der Waals surface area (Å²) in [6.45, 7) is 1.82. The predicted octanol–water partition coefficient (Wildman–Crippen LogP) is 5.04. The molecular formula is C14H11BrF3N. The second kappa shape index (κ2) is 5.65. The highest BCUT2D eigenvalue weighted by atomic mass is 79.9. The fourth-order valence-corrected chi connectivity index (χ4v) is 2.15. The first kappa shape index (κ1) is 13.9. The Labute approximate surface area is 117 Å². The Bertz CT molecular complexity index is 581. The standard InChI is InChI=1S/C14H11BrF3N/c1-8(9-2-3-14(18)13(15)4-9)19-12-6-10(16)5-11(17)7-12/h2-8,19H,1H3. The lowest BCUT2D eigenvalue weighted by Crippen LogP contribution is -2.07. The molecule has 0 aliphatic heterocycles. The third-order valence-corrected chi connectivity index (χ3v) is 3.30. The van der Waals surface area contributed by atoms with Crippen molar-refractivity contribution in [3.05, 3.63) is 63.9 Å². The Balaban J connectivity index is 2.20. The zero-order valence-corrected chi connectivity index (χ0v) is 11.6. The lowest BCUT2D eigenvalue weighted by atomic mass is 10.1. The van der Waals surface area contributed by atoms with Gasteiger partial charge in [0.05, 0.1) is 4.47 Å². The summed E-state index contributed by atoms with van der Waals surface area (Å²) in [7, 11) is 0. The van der Waals surface area contributed by atoms with Crippen LogP contribution < -0.4 is 5.32 Å². The largest absolute Gasteiger partial charge is 0.378 e. The van der Waals surface area contributed by atoms with Crippen molar-refractivity contribution in [2.75, 3.05) is 5.32 Å². The van der Waals surface area contributed by atoms with Gasteiger partial charge in [-0.05, 0) is 52.7 Å². The van der Waals surface area contributed by atoms with E-state index in [4.69, 9.17) is 0 Å². The van der Waals surface area contributed by atoms with E-state index in [9.17, 15) is 13.2 Å². The van der Waals surface area contributed by atoms with Crippen molar-refractivity contribution >= 4 is 21.6 Å². The third-order valence-electron chi connectivity index (χ3n) is 2.69. The molecule has 0 aliphatic carbocycles. The number of benzene rings is 2. The first-order chi connectivity index (χ1) is 8.95. The Morgan fingerprint density at radius 2 is 1.63 bits per heavy atom. The van der Waals surface area contributed by atoms with Gasteiger partial charge in [0.2, 0.25) is 0 Å². The van der Waals surface area contributed by atoms with Gasteiger partial charge in [-0.1, -0.05) is 6.07 Å². The molecular weight excluding hydrogens is 319 g/mol. The minimum atomic E-state index is -0.644. The number of hydrogen-bond donors (Lipinski definition) is 1. The van der Waals surface area contributed by atoms with Gasteiger partial charge in [0.15, 0.2) is 0 Å². The Hall–Kier alpha value is -1.49. The van der Waals surface area contributed by atoms with Crippen LogP contribution in [0.3, 0.4) is 0 Å². The maximum atomic E-state index is 13.1. The van der Waals surface area contributed by atoms with Gasteiger partial charge in [0.25, 0.3) is 0 Å². The molecule has 0 fully saturated rings. The summed E-state index contributed by atoms with van der Waals surface area (Å²) in [5.74, 6) is -1.64. The van der Waals surface area contributed by atoms with E-state index in [1.165, 1.54) is 18.2 Å². The fourth-order valence-electron chi connectivity index (χ4n) is 1.75.